The molecule has 0 spiro atoms. The minimum absolute atomic E-state index is 0.0263. The van der Waals surface area contributed by atoms with Crippen LogP contribution in [-0.4, -0.2) is 29.8 Å². The van der Waals surface area contributed by atoms with Crippen molar-refractivity contribution >= 4 is 22.8 Å². The second-order valence-electron chi connectivity index (χ2n) is 4.70. The third-order valence-corrected chi connectivity index (χ3v) is 3.21. The number of rotatable bonds is 5. The van der Waals surface area contributed by atoms with Crippen LogP contribution in [0.2, 0.25) is 0 Å². The first-order chi connectivity index (χ1) is 11.3. The fourth-order valence-corrected chi connectivity index (χ4v) is 2.11. The van der Waals surface area contributed by atoms with Crippen molar-refractivity contribution in [3.63, 3.8) is 0 Å². The lowest BCUT2D eigenvalue weighted by Crippen LogP contribution is -2.32. The Labute approximate surface area is 132 Å². The molecule has 2 aromatic carbocycles. The van der Waals surface area contributed by atoms with Gasteiger partial charge in [-0.15, -0.1) is 0 Å². The first-order valence-electron chi connectivity index (χ1n) is 7.00. The smallest absolute Gasteiger partial charge is 0.321 e. The number of para-hydroxylation sites is 2. The van der Waals surface area contributed by atoms with Crippen LogP contribution >= 0.6 is 0 Å². The van der Waals surface area contributed by atoms with Gasteiger partial charge in [-0.2, -0.15) is 0 Å². The summed E-state index contributed by atoms with van der Waals surface area (Å²) in [4.78, 5) is 19.0. The molecule has 0 aliphatic rings. The summed E-state index contributed by atoms with van der Waals surface area (Å²) in [7, 11) is 1.56. The SMILES string of the molecule is COc1ccccc1OCNC(=O)Nc1ccc2nc[nH]c2c1. The van der Waals surface area contributed by atoms with Crippen molar-refractivity contribution in [1.29, 1.82) is 0 Å². The average Bonchev–Trinajstić information content (AvgIpc) is 3.03. The van der Waals surface area contributed by atoms with Gasteiger partial charge in [0.1, 0.15) is 0 Å². The van der Waals surface area contributed by atoms with Crippen LogP contribution in [0.15, 0.2) is 48.8 Å². The molecule has 0 unspecified atom stereocenters. The van der Waals surface area contributed by atoms with Gasteiger partial charge in [-0.25, -0.2) is 9.78 Å². The second-order valence-corrected chi connectivity index (χ2v) is 4.70. The summed E-state index contributed by atoms with van der Waals surface area (Å²) in [5.74, 6) is 1.17. The molecule has 0 bridgehead atoms. The lowest BCUT2D eigenvalue weighted by atomic mass is 10.3. The molecule has 7 heteroatoms. The van der Waals surface area contributed by atoms with Gasteiger partial charge in [-0.3, -0.25) is 0 Å². The van der Waals surface area contributed by atoms with Crippen LogP contribution in [0.1, 0.15) is 0 Å². The topological polar surface area (TPSA) is 88.3 Å². The van der Waals surface area contributed by atoms with Crippen LogP contribution in [0.4, 0.5) is 10.5 Å². The Morgan fingerprint density at radius 2 is 2.04 bits per heavy atom. The standard InChI is InChI=1S/C16H16N4O3/c1-22-14-4-2-3-5-15(14)23-10-19-16(21)20-11-6-7-12-13(8-11)18-9-17-12/h2-9H,10H2,1H3,(H,17,18)(H2,19,20,21). The van der Waals surface area contributed by atoms with Gasteiger partial charge in [0.2, 0.25) is 0 Å². The van der Waals surface area contributed by atoms with E-state index in [9.17, 15) is 4.79 Å². The molecule has 0 atom stereocenters. The maximum absolute atomic E-state index is 11.9. The molecule has 23 heavy (non-hydrogen) atoms. The maximum Gasteiger partial charge on any atom is 0.321 e. The van der Waals surface area contributed by atoms with Crippen LogP contribution in [0.25, 0.3) is 11.0 Å². The van der Waals surface area contributed by atoms with Gasteiger partial charge in [-0.05, 0) is 30.3 Å². The molecule has 0 saturated carbocycles. The van der Waals surface area contributed by atoms with E-state index in [1.807, 2.05) is 24.3 Å². The third kappa shape index (κ3) is 3.52. The van der Waals surface area contributed by atoms with Gasteiger partial charge in [-0.1, -0.05) is 12.1 Å². The molecule has 3 aromatic rings. The van der Waals surface area contributed by atoms with E-state index in [0.29, 0.717) is 17.2 Å². The molecule has 7 nitrogen and oxygen atoms in total. The number of nitrogens with one attached hydrogen (secondary N) is 3. The number of fused-ring (bicyclic) bond motifs is 1. The quantitative estimate of drug-likeness (QED) is 0.632. The summed E-state index contributed by atoms with van der Waals surface area (Å²) in [5.41, 5.74) is 2.36. The van der Waals surface area contributed by atoms with Crippen molar-refractivity contribution in [3.05, 3.63) is 48.8 Å². The summed E-state index contributed by atoms with van der Waals surface area (Å²) in [6, 6.07) is 12.3. The number of aromatic amines is 1. The average molecular weight is 312 g/mol. The Balaban J connectivity index is 1.53. The van der Waals surface area contributed by atoms with Gasteiger partial charge in [0.15, 0.2) is 18.2 Å². The highest BCUT2D eigenvalue weighted by atomic mass is 16.5. The number of aromatic nitrogens is 2. The van der Waals surface area contributed by atoms with Crippen molar-refractivity contribution in [1.82, 2.24) is 15.3 Å². The van der Waals surface area contributed by atoms with Crippen molar-refractivity contribution in [2.24, 2.45) is 0 Å². The molecule has 0 radical (unpaired) electrons. The molecule has 118 valence electrons. The number of carbonyl (C=O) groups excluding carboxylic acids is 1. The zero-order valence-corrected chi connectivity index (χ0v) is 12.5. The lowest BCUT2D eigenvalue weighted by molar-refractivity contribution is 0.231. The fourth-order valence-electron chi connectivity index (χ4n) is 2.11. The Kier molecular flexibility index (Phi) is 4.28. The summed E-state index contributed by atoms with van der Waals surface area (Å²) < 4.78 is 10.7. The number of amides is 2. The Hall–Kier alpha value is -3.22. The summed E-state index contributed by atoms with van der Waals surface area (Å²) >= 11 is 0. The number of imidazole rings is 1. The zero-order chi connectivity index (χ0) is 16.1. The zero-order valence-electron chi connectivity index (χ0n) is 12.5. The number of H-pyrrole nitrogens is 1. The summed E-state index contributed by atoms with van der Waals surface area (Å²) in [5, 5.41) is 5.35. The van der Waals surface area contributed by atoms with Crippen molar-refractivity contribution in [2.75, 3.05) is 19.2 Å². The molecule has 3 rings (SSSR count). The van der Waals surface area contributed by atoms with E-state index in [2.05, 4.69) is 20.6 Å². The molecule has 1 heterocycles. The lowest BCUT2D eigenvalue weighted by Gasteiger charge is -2.11. The number of nitrogens with zero attached hydrogens (tertiary/aromatic N) is 1. The Morgan fingerprint density at radius 1 is 1.22 bits per heavy atom. The van der Waals surface area contributed by atoms with E-state index in [4.69, 9.17) is 9.47 Å². The van der Waals surface area contributed by atoms with Crippen LogP contribution in [-0.2, 0) is 0 Å². The van der Waals surface area contributed by atoms with E-state index in [1.165, 1.54) is 0 Å². The number of anilines is 1. The first-order valence-corrected chi connectivity index (χ1v) is 7.00. The van der Waals surface area contributed by atoms with Gasteiger partial charge in [0.25, 0.3) is 0 Å². The van der Waals surface area contributed by atoms with E-state index in [0.717, 1.165) is 11.0 Å². The van der Waals surface area contributed by atoms with Crippen LogP contribution in [0.5, 0.6) is 11.5 Å². The number of carbonyl (C=O) groups is 1. The minimum atomic E-state index is -0.362. The van der Waals surface area contributed by atoms with Gasteiger partial charge in [0, 0.05) is 5.69 Å². The molecule has 3 N–H and O–H groups in total. The molecule has 0 aliphatic carbocycles. The minimum Gasteiger partial charge on any atom is -0.493 e. The highest BCUT2D eigenvalue weighted by Crippen LogP contribution is 2.25. The van der Waals surface area contributed by atoms with E-state index >= 15 is 0 Å². The maximum atomic E-state index is 11.9. The summed E-state index contributed by atoms with van der Waals surface area (Å²) in [6.07, 6.45) is 1.61. The predicted octanol–water partition coefficient (Wildman–Crippen LogP) is 2.73. The Bertz CT molecular complexity index is 816. The van der Waals surface area contributed by atoms with Gasteiger partial charge < -0.3 is 25.1 Å². The molecule has 0 saturated heterocycles. The van der Waals surface area contributed by atoms with E-state index in [1.54, 1.807) is 31.6 Å². The predicted molar refractivity (Wildman–Crippen MR) is 86.7 cm³/mol. The van der Waals surface area contributed by atoms with E-state index in [-0.39, 0.29) is 12.8 Å². The van der Waals surface area contributed by atoms with Crippen molar-refractivity contribution in [2.45, 2.75) is 0 Å². The van der Waals surface area contributed by atoms with Crippen LogP contribution in [0.3, 0.4) is 0 Å². The normalized spacial score (nSPS) is 10.3. The number of benzene rings is 2. The fraction of sp³-hybridized carbons (Fsp3) is 0.125. The van der Waals surface area contributed by atoms with Gasteiger partial charge in [0.05, 0.1) is 24.5 Å². The summed E-state index contributed by atoms with van der Waals surface area (Å²) in [6.45, 7) is 0.0263. The monoisotopic (exact) mass is 312 g/mol. The van der Waals surface area contributed by atoms with Crippen LogP contribution < -0.4 is 20.1 Å². The first kappa shape index (κ1) is 14.7. The second kappa shape index (κ2) is 6.69. The highest BCUT2D eigenvalue weighted by Gasteiger charge is 2.05. The number of ether oxygens (including phenoxy) is 2. The third-order valence-electron chi connectivity index (χ3n) is 3.21. The molecular formula is C16H16N4O3. The van der Waals surface area contributed by atoms with Crippen LogP contribution in [0, 0.1) is 0 Å². The number of urea groups is 1. The largest absolute Gasteiger partial charge is 0.493 e. The highest BCUT2D eigenvalue weighted by molar-refractivity contribution is 5.91. The number of hydrogen-bond donors (Lipinski definition) is 3. The molecular weight excluding hydrogens is 296 g/mol. The molecule has 1 aromatic heterocycles. The molecule has 2 amide bonds. The molecule has 0 fully saturated rings. The van der Waals surface area contributed by atoms with Crippen molar-refractivity contribution < 1.29 is 14.3 Å². The molecule has 0 aliphatic heterocycles. The Morgan fingerprint density at radius 3 is 2.87 bits per heavy atom. The van der Waals surface area contributed by atoms with Gasteiger partial charge >= 0.3 is 6.03 Å². The van der Waals surface area contributed by atoms with Crippen molar-refractivity contribution in [3.8, 4) is 11.5 Å². The number of methoxy groups -OCH3 is 1. The van der Waals surface area contributed by atoms with E-state index < -0.39 is 0 Å². The number of hydrogen-bond acceptors (Lipinski definition) is 4.